The normalized spacial score (nSPS) is 13.7. The third kappa shape index (κ3) is 4.15. The number of nitriles is 2. The highest BCUT2D eigenvalue weighted by Crippen LogP contribution is 2.29. The van der Waals surface area contributed by atoms with E-state index in [1.807, 2.05) is 17.0 Å². The Hall–Kier alpha value is -2.70. The molecule has 6 nitrogen and oxygen atoms in total. The third-order valence-electron chi connectivity index (χ3n) is 3.64. The van der Waals surface area contributed by atoms with Gasteiger partial charge in [-0.15, -0.1) is 0 Å². The van der Waals surface area contributed by atoms with Gasteiger partial charge in [-0.3, -0.25) is 4.79 Å². The van der Waals surface area contributed by atoms with Gasteiger partial charge in [0.25, 0.3) is 0 Å². The monoisotopic (exact) mass is 329 g/mol. The van der Waals surface area contributed by atoms with Gasteiger partial charge in [0.2, 0.25) is 5.91 Å². The van der Waals surface area contributed by atoms with Crippen molar-refractivity contribution in [3.63, 3.8) is 0 Å². The SMILES string of the molecule is CC(=O)N1CCN(c2ccc(NC=C(C#N)C#N)cc2Cl)CC1. The number of amides is 1. The Morgan fingerprint density at radius 2 is 1.91 bits per heavy atom. The van der Waals surface area contributed by atoms with Crippen LogP contribution in [0.4, 0.5) is 11.4 Å². The lowest BCUT2D eigenvalue weighted by Gasteiger charge is -2.36. The summed E-state index contributed by atoms with van der Waals surface area (Å²) in [4.78, 5) is 15.3. The van der Waals surface area contributed by atoms with Crippen molar-refractivity contribution in [2.24, 2.45) is 0 Å². The molecule has 7 heteroatoms. The van der Waals surface area contributed by atoms with Crippen molar-refractivity contribution in [2.75, 3.05) is 36.4 Å². The molecule has 1 fully saturated rings. The fourth-order valence-corrected chi connectivity index (χ4v) is 2.66. The Morgan fingerprint density at radius 3 is 2.43 bits per heavy atom. The fraction of sp³-hybridized carbons (Fsp3) is 0.312. The summed E-state index contributed by atoms with van der Waals surface area (Å²) in [6.07, 6.45) is 1.34. The van der Waals surface area contributed by atoms with Crippen LogP contribution < -0.4 is 10.2 Å². The topological polar surface area (TPSA) is 83.2 Å². The van der Waals surface area contributed by atoms with Crippen LogP contribution in [0.2, 0.25) is 5.02 Å². The number of rotatable bonds is 3. The number of halogens is 1. The van der Waals surface area contributed by atoms with Crippen LogP contribution in [-0.2, 0) is 4.79 Å². The van der Waals surface area contributed by atoms with E-state index < -0.39 is 0 Å². The quantitative estimate of drug-likeness (QED) is 0.861. The van der Waals surface area contributed by atoms with E-state index in [1.54, 1.807) is 25.1 Å². The summed E-state index contributed by atoms with van der Waals surface area (Å²) in [5.41, 5.74) is 1.60. The van der Waals surface area contributed by atoms with Crippen molar-refractivity contribution >= 4 is 28.9 Å². The number of anilines is 2. The second-order valence-electron chi connectivity index (χ2n) is 5.09. The number of allylic oxidation sites excluding steroid dienone is 1. The molecule has 1 saturated heterocycles. The molecule has 1 N–H and O–H groups in total. The molecule has 1 aromatic rings. The van der Waals surface area contributed by atoms with E-state index in [1.165, 1.54) is 6.20 Å². The molecular formula is C16H16ClN5O. The second kappa shape index (κ2) is 7.53. The fourth-order valence-electron chi connectivity index (χ4n) is 2.36. The van der Waals surface area contributed by atoms with E-state index in [9.17, 15) is 4.79 Å². The van der Waals surface area contributed by atoms with Gasteiger partial charge < -0.3 is 15.1 Å². The molecule has 0 bridgehead atoms. The molecule has 2 rings (SSSR count). The van der Waals surface area contributed by atoms with Gasteiger partial charge in [-0.25, -0.2) is 0 Å². The van der Waals surface area contributed by atoms with Crippen molar-refractivity contribution < 1.29 is 4.79 Å². The summed E-state index contributed by atoms with van der Waals surface area (Å²) < 4.78 is 0. The average molecular weight is 330 g/mol. The second-order valence-corrected chi connectivity index (χ2v) is 5.49. The summed E-state index contributed by atoms with van der Waals surface area (Å²) in [6.45, 7) is 4.41. The maximum atomic E-state index is 11.4. The Morgan fingerprint density at radius 1 is 1.26 bits per heavy atom. The minimum Gasteiger partial charge on any atom is -0.367 e. The van der Waals surface area contributed by atoms with Crippen molar-refractivity contribution in [1.29, 1.82) is 10.5 Å². The molecule has 0 radical (unpaired) electrons. The van der Waals surface area contributed by atoms with Gasteiger partial charge in [0.05, 0.1) is 10.7 Å². The first-order valence-corrected chi connectivity index (χ1v) is 7.50. The minimum atomic E-state index is -0.00875. The van der Waals surface area contributed by atoms with E-state index in [-0.39, 0.29) is 11.5 Å². The lowest BCUT2D eigenvalue weighted by atomic mass is 10.2. The third-order valence-corrected chi connectivity index (χ3v) is 3.94. The lowest BCUT2D eigenvalue weighted by Crippen LogP contribution is -2.48. The van der Waals surface area contributed by atoms with Gasteiger partial charge in [-0.1, -0.05) is 11.6 Å². The highest BCUT2D eigenvalue weighted by atomic mass is 35.5. The van der Waals surface area contributed by atoms with Gasteiger partial charge in [0.15, 0.2) is 0 Å². The van der Waals surface area contributed by atoms with Gasteiger partial charge >= 0.3 is 0 Å². The summed E-state index contributed by atoms with van der Waals surface area (Å²) in [5, 5.41) is 20.8. The van der Waals surface area contributed by atoms with Crippen LogP contribution in [0.15, 0.2) is 30.0 Å². The van der Waals surface area contributed by atoms with Crippen molar-refractivity contribution in [3.8, 4) is 12.1 Å². The number of benzene rings is 1. The van der Waals surface area contributed by atoms with Crippen LogP contribution in [0.1, 0.15) is 6.92 Å². The number of piperazine rings is 1. The number of hydrogen-bond donors (Lipinski definition) is 1. The van der Waals surface area contributed by atoms with Crippen molar-refractivity contribution in [1.82, 2.24) is 4.90 Å². The largest absolute Gasteiger partial charge is 0.367 e. The molecule has 23 heavy (non-hydrogen) atoms. The Labute approximate surface area is 140 Å². The predicted octanol–water partition coefficient (Wildman–Crippen LogP) is 2.35. The molecule has 0 saturated carbocycles. The molecule has 1 amide bonds. The lowest BCUT2D eigenvalue weighted by molar-refractivity contribution is -0.129. The van der Waals surface area contributed by atoms with E-state index in [2.05, 4.69) is 10.2 Å². The summed E-state index contributed by atoms with van der Waals surface area (Å²) in [6, 6.07) is 9.03. The zero-order chi connectivity index (χ0) is 16.8. The highest BCUT2D eigenvalue weighted by molar-refractivity contribution is 6.33. The van der Waals surface area contributed by atoms with Gasteiger partial charge in [0.1, 0.15) is 17.7 Å². The van der Waals surface area contributed by atoms with Gasteiger partial charge in [0, 0.05) is 45.0 Å². The van der Waals surface area contributed by atoms with Crippen LogP contribution in [0.25, 0.3) is 0 Å². The van der Waals surface area contributed by atoms with Crippen molar-refractivity contribution in [2.45, 2.75) is 6.92 Å². The van der Waals surface area contributed by atoms with E-state index in [0.29, 0.717) is 23.8 Å². The zero-order valence-electron chi connectivity index (χ0n) is 12.7. The van der Waals surface area contributed by atoms with E-state index >= 15 is 0 Å². The molecule has 1 heterocycles. The molecule has 1 aromatic carbocycles. The Balaban J connectivity index is 2.06. The number of nitrogens with zero attached hydrogens (tertiary/aromatic N) is 4. The van der Waals surface area contributed by atoms with Gasteiger partial charge in [-0.2, -0.15) is 10.5 Å². The van der Waals surface area contributed by atoms with Gasteiger partial charge in [-0.05, 0) is 18.2 Å². The van der Waals surface area contributed by atoms with Crippen molar-refractivity contribution in [3.05, 3.63) is 35.0 Å². The first-order chi connectivity index (χ1) is 11.0. The maximum Gasteiger partial charge on any atom is 0.219 e. The Bertz CT molecular complexity index is 692. The maximum absolute atomic E-state index is 11.4. The average Bonchev–Trinajstić information content (AvgIpc) is 2.56. The first-order valence-electron chi connectivity index (χ1n) is 7.12. The van der Waals surface area contributed by atoms with Crippen LogP contribution >= 0.6 is 11.6 Å². The van der Waals surface area contributed by atoms with Crippen LogP contribution in [0.5, 0.6) is 0 Å². The van der Waals surface area contributed by atoms with Crippen LogP contribution in [0, 0.1) is 22.7 Å². The van der Waals surface area contributed by atoms with Crippen LogP contribution in [-0.4, -0.2) is 37.0 Å². The smallest absolute Gasteiger partial charge is 0.219 e. The molecule has 0 atom stereocenters. The summed E-state index contributed by atoms with van der Waals surface area (Å²) >= 11 is 6.33. The van der Waals surface area contributed by atoms with E-state index in [4.69, 9.17) is 22.1 Å². The number of hydrogen-bond acceptors (Lipinski definition) is 5. The number of nitrogens with one attached hydrogen (secondary N) is 1. The standard InChI is InChI=1S/C16H16ClN5O/c1-12(23)21-4-6-22(7-5-21)16-3-2-14(8-15(16)17)20-11-13(9-18)10-19/h2-3,8,11,20H,4-7H2,1H3. The predicted molar refractivity (Wildman–Crippen MR) is 88.9 cm³/mol. The zero-order valence-corrected chi connectivity index (χ0v) is 13.5. The number of carbonyl (C=O) groups is 1. The number of carbonyl (C=O) groups excluding carboxylic acids is 1. The first kappa shape index (κ1) is 16.7. The van der Waals surface area contributed by atoms with E-state index in [0.717, 1.165) is 18.8 Å². The Kier molecular flexibility index (Phi) is 5.46. The molecule has 118 valence electrons. The molecule has 0 aliphatic carbocycles. The highest BCUT2D eigenvalue weighted by Gasteiger charge is 2.20. The molecule has 0 aromatic heterocycles. The molecule has 0 spiro atoms. The minimum absolute atomic E-state index is 0.00875. The van der Waals surface area contributed by atoms with Crippen LogP contribution in [0.3, 0.4) is 0 Å². The summed E-state index contributed by atoms with van der Waals surface area (Å²) in [7, 11) is 0. The summed E-state index contributed by atoms with van der Waals surface area (Å²) in [5.74, 6) is 0.0906. The molecule has 1 aliphatic rings. The molecular weight excluding hydrogens is 314 g/mol. The molecule has 1 aliphatic heterocycles. The molecule has 0 unspecified atom stereocenters.